The molecule has 4 bridgehead atoms. The van der Waals surface area contributed by atoms with Gasteiger partial charge in [0, 0.05) is 23.9 Å². The normalized spacial score (nSPS) is 32.4. The second-order valence-corrected chi connectivity index (χ2v) is 9.03. The number of aryl methyl sites for hydroxylation is 1. The van der Waals surface area contributed by atoms with Crippen molar-refractivity contribution < 1.29 is 9.59 Å². The number of anilines is 1. The van der Waals surface area contributed by atoms with Gasteiger partial charge in [-0.2, -0.15) is 0 Å². The van der Waals surface area contributed by atoms with Crippen LogP contribution in [-0.4, -0.2) is 29.0 Å². The van der Waals surface area contributed by atoms with Crippen LogP contribution in [0.25, 0.3) is 0 Å². The zero-order valence-electron chi connectivity index (χ0n) is 14.6. The lowest BCUT2D eigenvalue weighted by Gasteiger charge is -2.56. The molecule has 3 N–H and O–H groups in total. The van der Waals surface area contributed by atoms with Gasteiger partial charge in [0.15, 0.2) is 5.13 Å². The topological polar surface area (TPSA) is 83.1 Å². The first-order valence-electron chi connectivity index (χ1n) is 9.28. The number of amides is 3. The van der Waals surface area contributed by atoms with Crippen LogP contribution in [0.5, 0.6) is 0 Å². The predicted octanol–water partition coefficient (Wildman–Crippen LogP) is 3.05. The minimum absolute atomic E-state index is 0.0134. The number of urea groups is 1. The largest absolute Gasteiger partial charge is 0.338 e. The molecule has 0 unspecified atom stereocenters. The van der Waals surface area contributed by atoms with Gasteiger partial charge in [-0.1, -0.05) is 0 Å². The van der Waals surface area contributed by atoms with Crippen molar-refractivity contribution in [1.29, 1.82) is 0 Å². The summed E-state index contributed by atoms with van der Waals surface area (Å²) in [5, 5.41) is 11.4. The molecular formula is C18H26N4O2S. The minimum Gasteiger partial charge on any atom is -0.338 e. The number of hydrogen-bond acceptors (Lipinski definition) is 4. The molecule has 136 valence electrons. The number of thiazole rings is 1. The Balaban J connectivity index is 1.21. The average Bonchev–Trinajstić information content (AvgIpc) is 2.90. The van der Waals surface area contributed by atoms with Crippen molar-refractivity contribution in [3.8, 4) is 0 Å². The number of rotatable bonds is 5. The lowest BCUT2D eigenvalue weighted by atomic mass is 9.53. The van der Waals surface area contributed by atoms with E-state index in [1.165, 1.54) is 30.6 Å². The van der Waals surface area contributed by atoms with Crippen LogP contribution in [0, 0.1) is 24.7 Å². The number of hydrogen-bond donors (Lipinski definition) is 3. The molecule has 4 fully saturated rings. The fraction of sp³-hybridized carbons (Fsp3) is 0.722. The first-order valence-corrected chi connectivity index (χ1v) is 10.2. The molecular weight excluding hydrogens is 336 g/mol. The molecule has 7 heteroatoms. The molecule has 0 spiro atoms. The molecule has 4 aliphatic rings. The van der Waals surface area contributed by atoms with Crippen molar-refractivity contribution in [1.82, 2.24) is 15.6 Å². The molecule has 4 saturated carbocycles. The summed E-state index contributed by atoms with van der Waals surface area (Å²) in [6, 6.07) is -0.125. The van der Waals surface area contributed by atoms with Gasteiger partial charge in [0.25, 0.3) is 0 Å². The molecule has 0 aromatic carbocycles. The Labute approximate surface area is 152 Å². The molecule has 0 saturated heterocycles. The molecule has 1 heterocycles. The van der Waals surface area contributed by atoms with Crippen LogP contribution in [0.2, 0.25) is 0 Å². The highest BCUT2D eigenvalue weighted by molar-refractivity contribution is 7.13. The summed E-state index contributed by atoms with van der Waals surface area (Å²) in [7, 11) is 0. The Hall–Kier alpha value is -1.63. The minimum atomic E-state index is -0.125. The van der Waals surface area contributed by atoms with Gasteiger partial charge in [0.05, 0.1) is 5.69 Å². The van der Waals surface area contributed by atoms with E-state index in [-0.39, 0.29) is 23.9 Å². The molecule has 1 aromatic heterocycles. The van der Waals surface area contributed by atoms with Crippen molar-refractivity contribution in [3.05, 3.63) is 11.1 Å². The van der Waals surface area contributed by atoms with Gasteiger partial charge < -0.3 is 16.0 Å². The number of nitrogens with one attached hydrogen (secondary N) is 3. The third-order valence-corrected chi connectivity index (χ3v) is 6.80. The van der Waals surface area contributed by atoms with E-state index in [1.807, 2.05) is 12.3 Å². The monoisotopic (exact) mass is 362 g/mol. The van der Waals surface area contributed by atoms with Gasteiger partial charge in [-0.25, -0.2) is 9.78 Å². The first-order chi connectivity index (χ1) is 12.0. The summed E-state index contributed by atoms with van der Waals surface area (Å²) < 4.78 is 0. The van der Waals surface area contributed by atoms with Crippen molar-refractivity contribution in [2.24, 2.45) is 17.8 Å². The van der Waals surface area contributed by atoms with Gasteiger partial charge in [0.1, 0.15) is 0 Å². The molecule has 6 nitrogen and oxygen atoms in total. The molecule has 1 aromatic rings. The lowest BCUT2D eigenvalue weighted by molar-refractivity contribution is -0.116. The summed E-state index contributed by atoms with van der Waals surface area (Å²) in [6.07, 6.45) is 7.74. The Morgan fingerprint density at radius 1 is 1.20 bits per heavy atom. The third-order valence-electron chi connectivity index (χ3n) is 5.92. The maximum Gasteiger partial charge on any atom is 0.315 e. The Bertz CT molecular complexity index is 637. The van der Waals surface area contributed by atoms with Crippen LogP contribution in [0.15, 0.2) is 5.38 Å². The van der Waals surface area contributed by atoms with Crippen LogP contribution in [0.3, 0.4) is 0 Å². The fourth-order valence-electron chi connectivity index (χ4n) is 5.43. The summed E-state index contributed by atoms with van der Waals surface area (Å²) in [4.78, 5) is 28.4. The molecule has 25 heavy (non-hydrogen) atoms. The highest BCUT2D eigenvalue weighted by Crippen LogP contribution is 2.55. The molecule has 3 amide bonds. The van der Waals surface area contributed by atoms with E-state index in [0.717, 1.165) is 42.7 Å². The van der Waals surface area contributed by atoms with Gasteiger partial charge in [-0.05, 0) is 63.2 Å². The van der Waals surface area contributed by atoms with E-state index in [0.29, 0.717) is 11.7 Å². The maximum atomic E-state index is 12.3. The highest BCUT2D eigenvalue weighted by atomic mass is 32.1. The molecule has 4 aliphatic carbocycles. The number of aromatic nitrogens is 1. The van der Waals surface area contributed by atoms with Crippen LogP contribution in [0.4, 0.5) is 9.93 Å². The van der Waals surface area contributed by atoms with Gasteiger partial charge in [0.2, 0.25) is 5.91 Å². The van der Waals surface area contributed by atoms with Gasteiger partial charge >= 0.3 is 6.03 Å². The number of carbonyl (C=O) groups is 2. The summed E-state index contributed by atoms with van der Waals surface area (Å²) in [6.45, 7) is 2.23. The van der Waals surface area contributed by atoms with E-state index in [2.05, 4.69) is 20.9 Å². The SMILES string of the molecule is Cc1csc(NC(=O)CCNC(=O)NC23CC4CC(CC(C4)C2)C3)n1. The lowest BCUT2D eigenvalue weighted by Crippen LogP contribution is -2.61. The van der Waals surface area contributed by atoms with Crippen molar-refractivity contribution in [3.63, 3.8) is 0 Å². The van der Waals surface area contributed by atoms with Crippen molar-refractivity contribution in [2.75, 3.05) is 11.9 Å². The van der Waals surface area contributed by atoms with E-state index in [9.17, 15) is 9.59 Å². The van der Waals surface area contributed by atoms with Gasteiger partial charge in [-0.3, -0.25) is 4.79 Å². The number of nitrogens with zero attached hydrogens (tertiary/aromatic N) is 1. The van der Waals surface area contributed by atoms with Crippen LogP contribution >= 0.6 is 11.3 Å². The van der Waals surface area contributed by atoms with E-state index in [1.54, 1.807) is 0 Å². The van der Waals surface area contributed by atoms with Crippen LogP contribution < -0.4 is 16.0 Å². The Kier molecular flexibility index (Phi) is 4.43. The maximum absolute atomic E-state index is 12.3. The standard InChI is InChI=1S/C18H26N4O2S/c1-11-10-25-17(20-11)21-15(23)2-3-19-16(24)22-18-7-12-4-13(8-18)6-14(5-12)9-18/h10,12-14H,2-9H2,1H3,(H2,19,22,24)(H,20,21,23). The third kappa shape index (κ3) is 3.81. The predicted molar refractivity (Wildman–Crippen MR) is 97.5 cm³/mol. The summed E-state index contributed by atoms with van der Waals surface area (Å²) in [5.41, 5.74) is 0.910. The first kappa shape index (κ1) is 16.8. The summed E-state index contributed by atoms with van der Waals surface area (Å²) >= 11 is 1.41. The highest BCUT2D eigenvalue weighted by Gasteiger charge is 2.51. The van der Waals surface area contributed by atoms with E-state index >= 15 is 0 Å². The van der Waals surface area contributed by atoms with Crippen LogP contribution in [-0.2, 0) is 4.79 Å². The fourth-order valence-corrected chi connectivity index (χ4v) is 6.14. The smallest absolute Gasteiger partial charge is 0.315 e. The Morgan fingerprint density at radius 3 is 2.40 bits per heavy atom. The van der Waals surface area contributed by atoms with Gasteiger partial charge in [-0.15, -0.1) is 11.3 Å². The molecule has 0 radical (unpaired) electrons. The van der Waals surface area contributed by atoms with Crippen molar-refractivity contribution >= 4 is 28.4 Å². The second kappa shape index (κ2) is 6.59. The molecule has 0 atom stereocenters. The van der Waals surface area contributed by atoms with E-state index < -0.39 is 0 Å². The molecule has 0 aliphatic heterocycles. The Morgan fingerprint density at radius 2 is 1.84 bits per heavy atom. The number of carbonyl (C=O) groups excluding carboxylic acids is 2. The zero-order valence-corrected chi connectivity index (χ0v) is 15.5. The average molecular weight is 362 g/mol. The summed E-state index contributed by atoms with van der Waals surface area (Å²) in [5.74, 6) is 2.29. The van der Waals surface area contributed by atoms with E-state index in [4.69, 9.17) is 0 Å². The zero-order chi connectivity index (χ0) is 17.4. The van der Waals surface area contributed by atoms with Crippen molar-refractivity contribution in [2.45, 2.75) is 57.4 Å². The second-order valence-electron chi connectivity index (χ2n) is 8.17. The quantitative estimate of drug-likeness (QED) is 0.753. The molecule has 5 rings (SSSR count). The van der Waals surface area contributed by atoms with Crippen LogP contribution in [0.1, 0.15) is 50.6 Å².